The summed E-state index contributed by atoms with van der Waals surface area (Å²) < 4.78 is 38.6. The zero-order valence-corrected chi connectivity index (χ0v) is 37.5. The molecular formula is C40H56N4O22S2. The molecule has 6 heterocycles. The summed E-state index contributed by atoms with van der Waals surface area (Å²) in [5.41, 5.74) is 1.36. The first kappa shape index (κ1) is 52.8. The van der Waals surface area contributed by atoms with Gasteiger partial charge in [0.15, 0.2) is 35.4 Å². The summed E-state index contributed by atoms with van der Waals surface area (Å²) >= 11 is 2.31. The van der Waals surface area contributed by atoms with Gasteiger partial charge in [0.25, 0.3) is 0 Å². The van der Waals surface area contributed by atoms with Gasteiger partial charge in [-0.25, -0.2) is 4.79 Å². The molecule has 6 aliphatic heterocycles. The van der Waals surface area contributed by atoms with Crippen LogP contribution in [0, 0.1) is 0 Å². The van der Waals surface area contributed by atoms with E-state index < -0.39 is 155 Å². The monoisotopic (exact) mass is 1010 g/mol. The lowest BCUT2D eigenvalue weighted by Gasteiger charge is -2.46. The fraction of sp³-hybridized carbons (Fsp3) is 0.675. The number of rotatable bonds is 13. The van der Waals surface area contributed by atoms with Gasteiger partial charge in [-0.1, -0.05) is 23.5 Å². The minimum Gasteiger partial charge on any atom is -0.465 e. The topological polar surface area (TPSA) is 414 Å². The van der Waals surface area contributed by atoms with Crippen molar-refractivity contribution in [3.8, 4) is 0 Å². The summed E-state index contributed by atoms with van der Waals surface area (Å²) in [7, 11) is 1.23. The number of nitrogens with one attached hydrogen (secondary N) is 2. The molecule has 6 aliphatic rings. The maximum Gasteiger partial charge on any atom is 0.337 e. The highest BCUT2D eigenvalue weighted by atomic mass is 32.2. The van der Waals surface area contributed by atoms with Crippen LogP contribution in [0.4, 0.5) is 0 Å². The molecule has 0 aromatic heterocycles. The Morgan fingerprint density at radius 1 is 0.574 bits per heavy atom. The van der Waals surface area contributed by atoms with Crippen molar-refractivity contribution >= 4 is 52.0 Å². The van der Waals surface area contributed by atoms with E-state index in [0.717, 1.165) is 23.5 Å². The lowest BCUT2D eigenvalue weighted by atomic mass is 9.96. The highest BCUT2D eigenvalue weighted by Gasteiger charge is 2.52. The smallest absolute Gasteiger partial charge is 0.337 e. The number of thioether (sulfide) groups is 2. The first-order chi connectivity index (χ1) is 32.5. The van der Waals surface area contributed by atoms with Gasteiger partial charge >= 0.3 is 5.97 Å². The van der Waals surface area contributed by atoms with Crippen LogP contribution in [0.25, 0.3) is 12.2 Å². The van der Waals surface area contributed by atoms with E-state index >= 15 is 0 Å². The Bertz CT molecular complexity index is 1900. The summed E-state index contributed by atoms with van der Waals surface area (Å²) in [6, 6.07) is 4.98. The van der Waals surface area contributed by atoms with Crippen molar-refractivity contribution in [1.82, 2.24) is 10.6 Å². The maximum atomic E-state index is 12.8. The zero-order valence-electron chi connectivity index (χ0n) is 35.9. The van der Waals surface area contributed by atoms with Gasteiger partial charge < -0.3 is 115 Å². The van der Waals surface area contributed by atoms with E-state index in [-0.39, 0.29) is 29.0 Å². The number of hydrogen-bond donors (Lipinski definition) is 16. The van der Waals surface area contributed by atoms with Crippen LogP contribution in [0.3, 0.4) is 0 Å². The number of aliphatic hydroxyl groups excluding tert-OH is 14. The second kappa shape index (κ2) is 23.0. The van der Waals surface area contributed by atoms with Crippen molar-refractivity contribution in [3.05, 3.63) is 44.7 Å². The zero-order chi connectivity index (χ0) is 49.1. The molecular weight excluding hydrogens is 953 g/mol. The SMILES string of the molecule is COC(=O)c1cc(/C=C2/CN=C(N[C@@H]3O[C@H](CO)[C@@H](O[C@@H]4O[C@H](CO)[C@H](O)[C@H](O)[C@H]4O)[C@H](O)[C@H]3O)S2)cc(/C=C2\CN=C(N[C@@H]3O[C@H](CO)[C@@H](O[C@@H]4O[C@H](CO)[C@H](O)[C@H](O)[C@H]4O)[C@H](O)[C@H]3O)S2)c1. The van der Waals surface area contributed by atoms with Crippen molar-refractivity contribution < 1.29 is 109 Å². The number of aliphatic imine (C=N–C) groups is 2. The average Bonchev–Trinajstić information content (AvgIpc) is 3.98. The van der Waals surface area contributed by atoms with Gasteiger partial charge in [-0.05, 0) is 41.5 Å². The third-order valence-electron chi connectivity index (χ3n) is 11.8. The van der Waals surface area contributed by atoms with E-state index in [9.17, 15) is 76.3 Å². The Morgan fingerprint density at radius 3 is 1.34 bits per heavy atom. The van der Waals surface area contributed by atoms with Gasteiger partial charge in [0.2, 0.25) is 0 Å². The predicted molar refractivity (Wildman–Crippen MR) is 233 cm³/mol. The lowest BCUT2D eigenvalue weighted by Crippen LogP contribution is -2.66. The largest absolute Gasteiger partial charge is 0.465 e. The molecule has 28 heteroatoms. The summed E-state index contributed by atoms with van der Waals surface area (Å²) in [6.07, 6.45) is -28.1. The normalized spacial score (nSPS) is 42.2. The third-order valence-corrected chi connectivity index (χ3v) is 13.7. The first-order valence-electron chi connectivity index (χ1n) is 21.3. The van der Waals surface area contributed by atoms with E-state index in [1.165, 1.54) is 7.11 Å². The number of benzene rings is 1. The van der Waals surface area contributed by atoms with Gasteiger partial charge in [-0.3, -0.25) is 9.98 Å². The second-order valence-electron chi connectivity index (χ2n) is 16.5. The van der Waals surface area contributed by atoms with E-state index in [1.807, 2.05) is 0 Å². The maximum absolute atomic E-state index is 12.8. The predicted octanol–water partition coefficient (Wildman–Crippen LogP) is -7.21. The molecule has 0 spiro atoms. The molecule has 7 rings (SSSR count). The van der Waals surface area contributed by atoms with Crippen LogP contribution in [0.1, 0.15) is 21.5 Å². The highest BCUT2D eigenvalue weighted by molar-refractivity contribution is 8.17. The van der Waals surface area contributed by atoms with E-state index in [2.05, 4.69) is 20.6 Å². The van der Waals surface area contributed by atoms with Crippen LogP contribution in [0.5, 0.6) is 0 Å². The molecule has 68 heavy (non-hydrogen) atoms. The Morgan fingerprint density at radius 2 is 0.971 bits per heavy atom. The van der Waals surface area contributed by atoms with E-state index in [1.54, 1.807) is 30.4 Å². The third kappa shape index (κ3) is 11.5. The molecule has 0 unspecified atom stereocenters. The first-order valence-corrected chi connectivity index (χ1v) is 22.9. The fourth-order valence-corrected chi connectivity index (χ4v) is 9.84. The molecule has 1 aromatic carbocycles. The number of aliphatic hydroxyl groups is 14. The van der Waals surface area contributed by atoms with Crippen molar-refractivity contribution in [2.24, 2.45) is 9.98 Å². The number of carbonyl (C=O) groups excluding carboxylic acids is 1. The number of ether oxygens (including phenoxy) is 7. The molecule has 0 radical (unpaired) electrons. The number of esters is 1. The van der Waals surface area contributed by atoms with E-state index in [4.69, 9.17) is 33.2 Å². The number of hydrogen-bond acceptors (Lipinski definition) is 28. The van der Waals surface area contributed by atoms with Crippen molar-refractivity contribution in [3.63, 3.8) is 0 Å². The standard InChI is InChI=1S/C40H56N4O22S2/c1-60-36(59)15-3-13(5-16-7-41-39(67-16)43-34-28(55)26(53)32(20(11-47)61-34)65-37-30(57)24(51)22(49)18(9-45)63-37)2-14(4-15)6-17-8-42-40(68-17)44-35-29(56)27(54)33(21(12-48)62-35)66-38-31(58)25(52)23(50)19(10-46)64-38/h2-6,18-35,37-38,45-58H,7-12H2,1H3,(H,41,43)(H,42,44)/b16-5-,17-6+/t18-,19-,20-,21-,22+,23+,24+,25+,26-,27-,28-,29-,30-,31-,32-,33-,34-,35-,37+,38+/m1/s1. The molecule has 26 nitrogen and oxygen atoms in total. The summed E-state index contributed by atoms with van der Waals surface area (Å²) in [6.45, 7) is -2.61. The lowest BCUT2D eigenvalue weighted by molar-refractivity contribution is -0.342. The van der Waals surface area contributed by atoms with Crippen LogP contribution >= 0.6 is 23.5 Å². The molecule has 380 valence electrons. The molecule has 0 aliphatic carbocycles. The number of nitrogens with zero attached hydrogens (tertiary/aromatic N) is 2. The Hall–Kier alpha value is -2.99. The summed E-state index contributed by atoms with van der Waals surface area (Å²) in [5.74, 6) is -0.622. The molecule has 0 bridgehead atoms. The van der Waals surface area contributed by atoms with Crippen molar-refractivity contribution in [1.29, 1.82) is 0 Å². The summed E-state index contributed by atoms with van der Waals surface area (Å²) in [5, 5.41) is 151. The molecule has 20 atom stereocenters. The number of amidine groups is 2. The van der Waals surface area contributed by atoms with Crippen molar-refractivity contribution in [2.75, 3.05) is 46.6 Å². The highest BCUT2D eigenvalue weighted by Crippen LogP contribution is 2.34. The quantitative estimate of drug-likeness (QED) is 0.0816. The van der Waals surface area contributed by atoms with Crippen LogP contribution in [-0.4, -0.2) is 257 Å². The molecule has 4 fully saturated rings. The van der Waals surface area contributed by atoms with Gasteiger partial charge in [0.1, 0.15) is 97.7 Å². The molecule has 0 saturated carbocycles. The van der Waals surface area contributed by atoms with Crippen LogP contribution in [0.15, 0.2) is 38.0 Å². The second-order valence-corrected chi connectivity index (χ2v) is 18.7. The molecule has 16 N–H and O–H groups in total. The number of methoxy groups -OCH3 is 1. The van der Waals surface area contributed by atoms with Crippen LogP contribution in [0.2, 0.25) is 0 Å². The van der Waals surface area contributed by atoms with Crippen molar-refractivity contribution in [2.45, 2.75) is 123 Å². The Labute approximate surface area is 395 Å². The Balaban J connectivity index is 0.960. The molecule has 1 aromatic rings. The minimum atomic E-state index is -1.82. The summed E-state index contributed by atoms with van der Waals surface area (Å²) in [4.78, 5) is 23.0. The van der Waals surface area contributed by atoms with Gasteiger partial charge in [0, 0.05) is 9.81 Å². The molecule has 4 saturated heterocycles. The van der Waals surface area contributed by atoms with Gasteiger partial charge in [-0.2, -0.15) is 0 Å². The van der Waals surface area contributed by atoms with Crippen LogP contribution in [-0.2, 0) is 33.2 Å². The average molecular weight is 1010 g/mol. The molecule has 0 amide bonds. The van der Waals surface area contributed by atoms with E-state index in [0.29, 0.717) is 20.9 Å². The minimum absolute atomic E-state index is 0.157. The number of carbonyl (C=O) groups is 1. The van der Waals surface area contributed by atoms with Gasteiger partial charge in [0.05, 0.1) is 52.2 Å². The Kier molecular flexibility index (Phi) is 17.9. The van der Waals surface area contributed by atoms with Crippen LogP contribution < -0.4 is 10.6 Å². The fourth-order valence-electron chi connectivity index (χ4n) is 8.09. The van der Waals surface area contributed by atoms with Gasteiger partial charge in [-0.15, -0.1) is 0 Å².